The maximum atomic E-state index is 3.52. The van der Waals surface area contributed by atoms with E-state index in [1.165, 1.54) is 45.3 Å². The monoisotopic (exact) mass is 224 g/mol. The summed E-state index contributed by atoms with van der Waals surface area (Å²) in [6.07, 6.45) is 5.70. The highest BCUT2D eigenvalue weighted by molar-refractivity contribution is 4.86. The Labute approximate surface area is 101 Å². The Balaban J connectivity index is 1.84. The van der Waals surface area contributed by atoms with Crippen LogP contribution in [0.3, 0.4) is 0 Å². The first kappa shape index (κ1) is 12.4. The van der Waals surface area contributed by atoms with Crippen molar-refractivity contribution in [2.45, 2.75) is 45.6 Å². The largest absolute Gasteiger partial charge is 0.317 e. The Hall–Kier alpha value is -0.0800. The zero-order valence-electron chi connectivity index (χ0n) is 11.2. The molecule has 2 nitrogen and oxygen atoms in total. The SMILES string of the molecule is CNC1CCCCC1CN1CC(C)C(C)C1. The van der Waals surface area contributed by atoms with Gasteiger partial charge in [0.15, 0.2) is 0 Å². The minimum Gasteiger partial charge on any atom is -0.317 e. The molecule has 0 radical (unpaired) electrons. The third kappa shape index (κ3) is 2.78. The van der Waals surface area contributed by atoms with Crippen LogP contribution in [0.1, 0.15) is 39.5 Å². The molecule has 0 aromatic carbocycles. The highest BCUT2D eigenvalue weighted by Gasteiger charge is 2.30. The fourth-order valence-corrected chi connectivity index (χ4v) is 3.54. The third-order valence-corrected chi connectivity index (χ3v) is 4.84. The summed E-state index contributed by atoms with van der Waals surface area (Å²) in [5, 5.41) is 3.52. The average Bonchev–Trinajstić information content (AvgIpc) is 2.59. The molecule has 94 valence electrons. The first-order chi connectivity index (χ1) is 7.70. The number of hydrogen-bond acceptors (Lipinski definition) is 2. The molecule has 1 N–H and O–H groups in total. The first-order valence-corrected chi connectivity index (χ1v) is 7.10. The molecule has 0 bridgehead atoms. The normalized spacial score (nSPS) is 41.4. The van der Waals surface area contributed by atoms with Gasteiger partial charge in [0.05, 0.1) is 0 Å². The molecule has 2 fully saturated rings. The summed E-state index contributed by atoms with van der Waals surface area (Å²) >= 11 is 0. The number of hydrogen-bond donors (Lipinski definition) is 1. The van der Waals surface area contributed by atoms with Crippen LogP contribution in [0.5, 0.6) is 0 Å². The van der Waals surface area contributed by atoms with Gasteiger partial charge in [-0.25, -0.2) is 0 Å². The molecule has 1 saturated carbocycles. The van der Waals surface area contributed by atoms with Gasteiger partial charge >= 0.3 is 0 Å². The van der Waals surface area contributed by atoms with E-state index in [2.05, 4.69) is 31.1 Å². The Morgan fingerprint density at radius 3 is 2.31 bits per heavy atom. The van der Waals surface area contributed by atoms with Crippen molar-refractivity contribution < 1.29 is 0 Å². The molecule has 2 aliphatic rings. The number of rotatable bonds is 3. The van der Waals surface area contributed by atoms with Gasteiger partial charge in [-0.1, -0.05) is 26.7 Å². The van der Waals surface area contributed by atoms with Crippen LogP contribution in [-0.2, 0) is 0 Å². The molecule has 16 heavy (non-hydrogen) atoms. The number of nitrogens with zero attached hydrogens (tertiary/aromatic N) is 1. The van der Waals surface area contributed by atoms with Gasteiger partial charge in [0.25, 0.3) is 0 Å². The molecule has 4 atom stereocenters. The summed E-state index contributed by atoms with van der Waals surface area (Å²) in [4.78, 5) is 2.70. The van der Waals surface area contributed by atoms with E-state index >= 15 is 0 Å². The van der Waals surface area contributed by atoms with E-state index in [1.54, 1.807) is 0 Å². The highest BCUT2D eigenvalue weighted by atomic mass is 15.2. The summed E-state index contributed by atoms with van der Waals surface area (Å²) < 4.78 is 0. The van der Waals surface area contributed by atoms with E-state index in [1.807, 2.05) is 0 Å². The van der Waals surface area contributed by atoms with Crippen molar-refractivity contribution in [3.8, 4) is 0 Å². The zero-order chi connectivity index (χ0) is 11.5. The average molecular weight is 224 g/mol. The van der Waals surface area contributed by atoms with Crippen molar-refractivity contribution in [2.75, 3.05) is 26.7 Å². The minimum atomic E-state index is 0.778. The van der Waals surface area contributed by atoms with Gasteiger partial charge in [-0.15, -0.1) is 0 Å². The fourth-order valence-electron chi connectivity index (χ4n) is 3.54. The van der Waals surface area contributed by atoms with E-state index in [-0.39, 0.29) is 0 Å². The van der Waals surface area contributed by atoms with Crippen LogP contribution >= 0.6 is 0 Å². The van der Waals surface area contributed by atoms with Gasteiger partial charge in [0.2, 0.25) is 0 Å². The molecule has 0 amide bonds. The Kier molecular flexibility index (Phi) is 4.26. The smallest absolute Gasteiger partial charge is 0.0104 e. The third-order valence-electron chi connectivity index (χ3n) is 4.84. The maximum Gasteiger partial charge on any atom is 0.0104 e. The molecule has 0 aromatic heterocycles. The molecule has 1 heterocycles. The van der Waals surface area contributed by atoms with Gasteiger partial charge in [-0.05, 0) is 37.6 Å². The van der Waals surface area contributed by atoms with E-state index < -0.39 is 0 Å². The summed E-state index contributed by atoms with van der Waals surface area (Å²) in [6.45, 7) is 8.80. The van der Waals surface area contributed by atoms with Crippen LogP contribution in [0.2, 0.25) is 0 Å². The molecule has 1 saturated heterocycles. The van der Waals surface area contributed by atoms with Crippen molar-refractivity contribution >= 4 is 0 Å². The van der Waals surface area contributed by atoms with Gasteiger partial charge in [-0.2, -0.15) is 0 Å². The second-order valence-corrected chi connectivity index (χ2v) is 6.11. The van der Waals surface area contributed by atoms with Crippen LogP contribution in [0, 0.1) is 17.8 Å². The Morgan fingerprint density at radius 1 is 1.06 bits per heavy atom. The van der Waals surface area contributed by atoms with Gasteiger partial charge < -0.3 is 10.2 Å². The summed E-state index contributed by atoms with van der Waals surface area (Å²) in [7, 11) is 2.14. The van der Waals surface area contributed by atoms with E-state index in [0.717, 1.165) is 23.8 Å². The molecular weight excluding hydrogens is 196 g/mol. The number of likely N-dealkylation sites (tertiary alicyclic amines) is 1. The Bertz CT molecular complexity index is 207. The topological polar surface area (TPSA) is 15.3 Å². The summed E-state index contributed by atoms with van der Waals surface area (Å²) in [5.41, 5.74) is 0. The quantitative estimate of drug-likeness (QED) is 0.791. The molecule has 2 rings (SSSR count). The van der Waals surface area contributed by atoms with Crippen LogP contribution in [0.25, 0.3) is 0 Å². The molecule has 1 aliphatic heterocycles. The van der Waals surface area contributed by atoms with Crippen LogP contribution < -0.4 is 5.32 Å². The van der Waals surface area contributed by atoms with Crippen molar-refractivity contribution in [3.63, 3.8) is 0 Å². The van der Waals surface area contributed by atoms with Crippen LogP contribution in [-0.4, -0.2) is 37.6 Å². The minimum absolute atomic E-state index is 0.778. The molecule has 4 unspecified atom stereocenters. The molecule has 2 heteroatoms. The zero-order valence-corrected chi connectivity index (χ0v) is 11.2. The van der Waals surface area contributed by atoms with Crippen LogP contribution in [0.15, 0.2) is 0 Å². The molecular formula is C14H28N2. The predicted octanol–water partition coefficient (Wildman–Crippen LogP) is 2.35. The van der Waals surface area contributed by atoms with Crippen molar-refractivity contribution in [3.05, 3.63) is 0 Å². The second kappa shape index (κ2) is 5.50. The van der Waals surface area contributed by atoms with Gasteiger partial charge in [0, 0.05) is 25.7 Å². The van der Waals surface area contributed by atoms with Crippen molar-refractivity contribution in [1.29, 1.82) is 0 Å². The lowest BCUT2D eigenvalue weighted by atomic mass is 9.84. The molecule has 0 aromatic rings. The van der Waals surface area contributed by atoms with E-state index in [9.17, 15) is 0 Å². The molecule has 1 aliphatic carbocycles. The second-order valence-electron chi connectivity index (χ2n) is 6.11. The highest BCUT2D eigenvalue weighted by Crippen LogP contribution is 2.28. The summed E-state index contributed by atoms with van der Waals surface area (Å²) in [5.74, 6) is 2.70. The number of nitrogens with one attached hydrogen (secondary N) is 1. The predicted molar refractivity (Wildman–Crippen MR) is 69.6 cm³/mol. The standard InChI is InChI=1S/C14H28N2/c1-11-8-16(9-12(11)2)10-13-6-4-5-7-14(13)15-3/h11-15H,4-10H2,1-3H3. The van der Waals surface area contributed by atoms with E-state index in [4.69, 9.17) is 0 Å². The van der Waals surface area contributed by atoms with E-state index in [0.29, 0.717) is 0 Å². The van der Waals surface area contributed by atoms with Crippen molar-refractivity contribution in [1.82, 2.24) is 10.2 Å². The Morgan fingerprint density at radius 2 is 1.69 bits per heavy atom. The fraction of sp³-hybridized carbons (Fsp3) is 1.00. The summed E-state index contributed by atoms with van der Waals surface area (Å²) in [6, 6.07) is 0.778. The molecule has 0 spiro atoms. The van der Waals surface area contributed by atoms with Crippen molar-refractivity contribution in [2.24, 2.45) is 17.8 Å². The first-order valence-electron chi connectivity index (χ1n) is 7.10. The van der Waals surface area contributed by atoms with Gasteiger partial charge in [-0.3, -0.25) is 0 Å². The lowest BCUT2D eigenvalue weighted by molar-refractivity contribution is 0.190. The lowest BCUT2D eigenvalue weighted by Crippen LogP contribution is -2.42. The van der Waals surface area contributed by atoms with Gasteiger partial charge in [0.1, 0.15) is 0 Å². The maximum absolute atomic E-state index is 3.52. The van der Waals surface area contributed by atoms with Crippen LogP contribution in [0.4, 0.5) is 0 Å². The lowest BCUT2D eigenvalue weighted by Gasteiger charge is -2.34.